The van der Waals surface area contributed by atoms with Crippen molar-refractivity contribution in [2.24, 2.45) is 0 Å². The monoisotopic (exact) mass is 360 g/mol. The molecule has 0 fully saturated rings. The Hall–Kier alpha value is -1.78. The highest BCUT2D eigenvalue weighted by molar-refractivity contribution is 9.10. The molecule has 0 bridgehead atoms. The Bertz CT molecular complexity index is 745. The molecule has 0 atom stereocenters. The van der Waals surface area contributed by atoms with Gasteiger partial charge in [0.2, 0.25) is 0 Å². The third-order valence-electron chi connectivity index (χ3n) is 3.68. The maximum atomic E-state index is 9.71. The van der Waals surface area contributed by atoms with Crippen LogP contribution in [0.15, 0.2) is 55.8 Å². The van der Waals surface area contributed by atoms with E-state index in [0.717, 1.165) is 38.6 Å². The molecule has 2 aromatic heterocycles. The molecule has 22 heavy (non-hydrogen) atoms. The molecule has 3 rings (SSSR count). The topological polar surface area (TPSA) is 46.5 Å². The van der Waals surface area contributed by atoms with Crippen LogP contribution in [0.4, 0.5) is 0 Å². The van der Waals surface area contributed by atoms with Crippen molar-refractivity contribution >= 4 is 15.9 Å². The molecule has 0 aliphatic rings. The summed E-state index contributed by atoms with van der Waals surface area (Å²) in [5.74, 6) is 3.15. The van der Waals surface area contributed by atoms with Crippen molar-refractivity contribution in [2.75, 3.05) is 0 Å². The summed E-state index contributed by atoms with van der Waals surface area (Å²) in [7, 11) is 0. The van der Waals surface area contributed by atoms with Crippen LogP contribution >= 0.6 is 15.9 Å². The third-order valence-corrected chi connectivity index (χ3v) is 4.17. The van der Waals surface area contributed by atoms with Gasteiger partial charge < -0.3 is 13.9 Å². The van der Waals surface area contributed by atoms with Gasteiger partial charge >= 0.3 is 0 Å². The number of hydrogen-bond donors (Lipinski definition) is 1. The Morgan fingerprint density at radius 1 is 0.955 bits per heavy atom. The molecular weight excluding hydrogens is 344 g/mol. The van der Waals surface area contributed by atoms with E-state index in [1.807, 2.05) is 56.3 Å². The van der Waals surface area contributed by atoms with Crippen molar-refractivity contribution in [3.63, 3.8) is 0 Å². The molecular formula is C18H17BrO3. The average molecular weight is 361 g/mol. The first-order chi connectivity index (χ1) is 10.6. The fraction of sp³-hybridized carbons (Fsp3) is 0.222. The van der Waals surface area contributed by atoms with Crippen LogP contribution in [-0.4, -0.2) is 5.11 Å². The van der Waals surface area contributed by atoms with E-state index in [2.05, 4.69) is 15.9 Å². The van der Waals surface area contributed by atoms with Crippen molar-refractivity contribution in [1.29, 1.82) is 0 Å². The zero-order valence-corrected chi connectivity index (χ0v) is 14.1. The van der Waals surface area contributed by atoms with Gasteiger partial charge in [-0.1, -0.05) is 22.0 Å². The van der Waals surface area contributed by atoms with Crippen LogP contribution in [0, 0.1) is 13.8 Å². The Balaban J connectivity index is 2.17. The first-order valence-corrected chi connectivity index (χ1v) is 7.89. The molecule has 0 radical (unpaired) electrons. The smallest absolute Gasteiger partial charge is 0.119 e. The van der Waals surface area contributed by atoms with Gasteiger partial charge in [-0.25, -0.2) is 0 Å². The first-order valence-electron chi connectivity index (χ1n) is 7.10. The van der Waals surface area contributed by atoms with E-state index in [-0.39, 0.29) is 12.5 Å². The van der Waals surface area contributed by atoms with E-state index in [1.165, 1.54) is 0 Å². The molecule has 0 unspecified atom stereocenters. The van der Waals surface area contributed by atoms with E-state index >= 15 is 0 Å². The largest absolute Gasteiger partial charge is 0.465 e. The predicted molar refractivity (Wildman–Crippen MR) is 87.9 cm³/mol. The van der Waals surface area contributed by atoms with E-state index in [0.29, 0.717) is 0 Å². The summed E-state index contributed by atoms with van der Waals surface area (Å²) in [5.41, 5.74) is 1.83. The average Bonchev–Trinajstić information content (AvgIpc) is 3.10. The molecule has 1 aromatic carbocycles. The number of aliphatic hydroxyl groups excluding tert-OH is 1. The lowest BCUT2D eigenvalue weighted by atomic mass is 9.90. The summed E-state index contributed by atoms with van der Waals surface area (Å²) in [6.07, 6.45) is 0. The van der Waals surface area contributed by atoms with Crippen LogP contribution in [0.3, 0.4) is 0 Å². The molecule has 0 spiro atoms. The fourth-order valence-electron chi connectivity index (χ4n) is 2.66. The van der Waals surface area contributed by atoms with Gasteiger partial charge in [0.25, 0.3) is 0 Å². The number of benzene rings is 1. The fourth-order valence-corrected chi connectivity index (χ4v) is 3.07. The zero-order chi connectivity index (χ0) is 15.7. The van der Waals surface area contributed by atoms with Gasteiger partial charge in [0.1, 0.15) is 29.0 Å². The summed E-state index contributed by atoms with van der Waals surface area (Å²) in [4.78, 5) is 0. The minimum Gasteiger partial charge on any atom is -0.465 e. The Labute approximate surface area is 137 Å². The first kappa shape index (κ1) is 15.1. The molecule has 3 aromatic rings. The Kier molecular flexibility index (Phi) is 4.23. The van der Waals surface area contributed by atoms with E-state index in [1.54, 1.807) is 0 Å². The van der Waals surface area contributed by atoms with Crippen LogP contribution in [0.25, 0.3) is 0 Å². The SMILES string of the molecule is Cc1ccc(C(c2ccc(C)o2)c2ccc(Br)cc2CO)o1. The van der Waals surface area contributed by atoms with Gasteiger partial charge in [0.15, 0.2) is 0 Å². The van der Waals surface area contributed by atoms with Crippen molar-refractivity contribution < 1.29 is 13.9 Å². The van der Waals surface area contributed by atoms with Gasteiger partial charge in [-0.15, -0.1) is 0 Å². The van der Waals surface area contributed by atoms with Gasteiger partial charge in [-0.05, 0) is 61.4 Å². The lowest BCUT2D eigenvalue weighted by molar-refractivity contribution is 0.279. The standard InChI is InChI=1S/C18H17BrO3/c1-11-3-7-16(21-11)18(17-8-4-12(2)22-17)15-6-5-14(19)9-13(15)10-20/h3-9,18,20H,10H2,1-2H3. The van der Waals surface area contributed by atoms with Crippen molar-refractivity contribution in [3.8, 4) is 0 Å². The van der Waals surface area contributed by atoms with Crippen LogP contribution in [0.5, 0.6) is 0 Å². The van der Waals surface area contributed by atoms with Gasteiger partial charge in [-0.3, -0.25) is 0 Å². The quantitative estimate of drug-likeness (QED) is 0.717. The van der Waals surface area contributed by atoms with Gasteiger partial charge in [0, 0.05) is 4.47 Å². The molecule has 0 aliphatic carbocycles. The van der Waals surface area contributed by atoms with E-state index < -0.39 is 0 Å². The van der Waals surface area contributed by atoms with Crippen LogP contribution in [-0.2, 0) is 6.61 Å². The molecule has 114 valence electrons. The number of aryl methyl sites for hydroxylation is 2. The summed E-state index contributed by atoms with van der Waals surface area (Å²) in [6, 6.07) is 13.7. The van der Waals surface area contributed by atoms with E-state index in [9.17, 15) is 5.11 Å². The molecule has 3 nitrogen and oxygen atoms in total. The lowest BCUT2D eigenvalue weighted by Gasteiger charge is -2.17. The number of furan rings is 2. The summed E-state index contributed by atoms with van der Waals surface area (Å²) >= 11 is 3.45. The summed E-state index contributed by atoms with van der Waals surface area (Å²) in [5, 5.41) is 9.71. The van der Waals surface area contributed by atoms with Crippen LogP contribution < -0.4 is 0 Å². The second kappa shape index (κ2) is 6.15. The molecule has 1 N–H and O–H groups in total. The van der Waals surface area contributed by atoms with Crippen molar-refractivity contribution in [3.05, 3.63) is 81.1 Å². The maximum Gasteiger partial charge on any atom is 0.119 e. The minimum atomic E-state index is -0.169. The Morgan fingerprint density at radius 2 is 1.55 bits per heavy atom. The number of aliphatic hydroxyl groups is 1. The third kappa shape index (κ3) is 2.89. The highest BCUT2D eigenvalue weighted by atomic mass is 79.9. The maximum absolute atomic E-state index is 9.71. The molecule has 2 heterocycles. The molecule has 0 saturated carbocycles. The molecule has 0 aliphatic heterocycles. The zero-order valence-electron chi connectivity index (χ0n) is 12.5. The second-order valence-electron chi connectivity index (χ2n) is 5.33. The molecule has 0 amide bonds. The normalized spacial score (nSPS) is 11.3. The number of rotatable bonds is 4. The van der Waals surface area contributed by atoms with Crippen LogP contribution in [0.1, 0.15) is 40.1 Å². The summed E-state index contributed by atoms with van der Waals surface area (Å²) in [6.45, 7) is 3.80. The highest BCUT2D eigenvalue weighted by Gasteiger charge is 2.25. The molecule has 4 heteroatoms. The number of hydrogen-bond acceptors (Lipinski definition) is 3. The molecule has 0 saturated heterocycles. The summed E-state index contributed by atoms with van der Waals surface area (Å²) < 4.78 is 12.6. The number of halogens is 1. The van der Waals surface area contributed by atoms with Gasteiger partial charge in [0.05, 0.1) is 6.61 Å². The Morgan fingerprint density at radius 3 is 2.00 bits per heavy atom. The van der Waals surface area contributed by atoms with Crippen molar-refractivity contribution in [1.82, 2.24) is 0 Å². The van der Waals surface area contributed by atoms with Crippen molar-refractivity contribution in [2.45, 2.75) is 26.4 Å². The highest BCUT2D eigenvalue weighted by Crippen LogP contribution is 2.36. The van der Waals surface area contributed by atoms with E-state index in [4.69, 9.17) is 8.83 Å². The van der Waals surface area contributed by atoms with Gasteiger partial charge in [-0.2, -0.15) is 0 Å². The minimum absolute atomic E-state index is 0.0370. The lowest BCUT2D eigenvalue weighted by Crippen LogP contribution is -2.05. The predicted octanol–water partition coefficient (Wildman–Crippen LogP) is 4.92. The second-order valence-corrected chi connectivity index (χ2v) is 6.25. The van der Waals surface area contributed by atoms with Crippen LogP contribution in [0.2, 0.25) is 0 Å².